The number of nitriles is 1. The average molecular weight is 266 g/mol. The summed E-state index contributed by atoms with van der Waals surface area (Å²) in [5, 5.41) is 10.2. The zero-order chi connectivity index (χ0) is 13.2. The SMILES string of the molecule is Cc1occc1Sc1c(C#N)cnc2ccccc12. The summed E-state index contributed by atoms with van der Waals surface area (Å²) in [6, 6.07) is 12.0. The fraction of sp³-hybridized carbons (Fsp3) is 0.0667. The number of furan rings is 1. The number of rotatable bonds is 2. The van der Waals surface area contributed by atoms with Gasteiger partial charge in [-0.05, 0) is 19.1 Å². The number of aryl methyl sites for hydroxylation is 1. The van der Waals surface area contributed by atoms with Crippen molar-refractivity contribution >= 4 is 22.7 Å². The van der Waals surface area contributed by atoms with Crippen LogP contribution in [-0.2, 0) is 0 Å². The fourth-order valence-corrected chi connectivity index (χ4v) is 2.92. The first-order valence-electron chi connectivity index (χ1n) is 5.79. The molecule has 0 aliphatic heterocycles. The minimum atomic E-state index is 0.587. The Morgan fingerprint density at radius 2 is 2.11 bits per heavy atom. The van der Waals surface area contributed by atoms with Gasteiger partial charge in [-0.25, -0.2) is 0 Å². The van der Waals surface area contributed by atoms with Gasteiger partial charge in [0.15, 0.2) is 0 Å². The average Bonchev–Trinajstić information content (AvgIpc) is 2.85. The van der Waals surface area contributed by atoms with Crippen molar-refractivity contribution in [1.82, 2.24) is 4.98 Å². The Labute approximate surface area is 114 Å². The smallest absolute Gasteiger partial charge is 0.114 e. The molecule has 3 aromatic rings. The van der Waals surface area contributed by atoms with E-state index in [0.29, 0.717) is 5.56 Å². The summed E-state index contributed by atoms with van der Waals surface area (Å²) < 4.78 is 5.30. The summed E-state index contributed by atoms with van der Waals surface area (Å²) in [5.74, 6) is 0.856. The van der Waals surface area contributed by atoms with E-state index in [1.807, 2.05) is 37.3 Å². The predicted molar refractivity (Wildman–Crippen MR) is 74.0 cm³/mol. The van der Waals surface area contributed by atoms with Gasteiger partial charge in [-0.15, -0.1) is 0 Å². The van der Waals surface area contributed by atoms with Gasteiger partial charge in [-0.2, -0.15) is 5.26 Å². The largest absolute Gasteiger partial charge is 0.468 e. The van der Waals surface area contributed by atoms with E-state index in [4.69, 9.17) is 4.42 Å². The molecule has 2 heterocycles. The Balaban J connectivity index is 2.21. The number of benzene rings is 1. The molecule has 0 unspecified atom stereocenters. The Morgan fingerprint density at radius 1 is 1.26 bits per heavy atom. The molecule has 0 radical (unpaired) electrons. The van der Waals surface area contributed by atoms with Crippen LogP contribution in [0.4, 0.5) is 0 Å². The first kappa shape index (κ1) is 11.8. The Kier molecular flexibility index (Phi) is 2.98. The molecule has 0 aliphatic rings. The Hall–Kier alpha value is -2.25. The van der Waals surface area contributed by atoms with Crippen LogP contribution in [0.2, 0.25) is 0 Å². The van der Waals surface area contributed by atoms with E-state index in [1.54, 1.807) is 24.2 Å². The van der Waals surface area contributed by atoms with Crippen molar-refractivity contribution in [3.8, 4) is 6.07 Å². The lowest BCUT2D eigenvalue weighted by Crippen LogP contribution is -1.88. The van der Waals surface area contributed by atoms with Crippen LogP contribution in [0.5, 0.6) is 0 Å². The monoisotopic (exact) mass is 266 g/mol. The van der Waals surface area contributed by atoms with E-state index in [2.05, 4.69) is 11.1 Å². The van der Waals surface area contributed by atoms with Gasteiger partial charge < -0.3 is 4.42 Å². The molecule has 0 fully saturated rings. The molecule has 0 atom stereocenters. The van der Waals surface area contributed by atoms with Crippen molar-refractivity contribution in [2.24, 2.45) is 0 Å². The third-order valence-corrected chi connectivity index (χ3v) is 4.16. The van der Waals surface area contributed by atoms with Crippen molar-refractivity contribution < 1.29 is 4.42 Å². The molecule has 3 nitrogen and oxygen atoms in total. The van der Waals surface area contributed by atoms with Gasteiger partial charge in [0.05, 0.1) is 22.2 Å². The van der Waals surface area contributed by atoms with Crippen LogP contribution in [0.3, 0.4) is 0 Å². The second-order valence-corrected chi connectivity index (χ2v) is 5.13. The molecule has 0 amide bonds. The van der Waals surface area contributed by atoms with Gasteiger partial charge in [0, 0.05) is 16.5 Å². The minimum Gasteiger partial charge on any atom is -0.468 e. The van der Waals surface area contributed by atoms with Gasteiger partial charge in [0.2, 0.25) is 0 Å². The van der Waals surface area contributed by atoms with Crippen LogP contribution in [0, 0.1) is 18.3 Å². The molecular formula is C15H10N2OS. The number of hydrogen-bond acceptors (Lipinski definition) is 4. The van der Waals surface area contributed by atoms with E-state index in [0.717, 1.165) is 26.5 Å². The molecule has 0 N–H and O–H groups in total. The zero-order valence-electron chi connectivity index (χ0n) is 10.3. The number of hydrogen-bond donors (Lipinski definition) is 0. The summed E-state index contributed by atoms with van der Waals surface area (Å²) in [6.07, 6.45) is 3.28. The molecule has 0 saturated heterocycles. The summed E-state index contributed by atoms with van der Waals surface area (Å²) in [5.41, 5.74) is 1.48. The third kappa shape index (κ3) is 2.09. The first-order valence-corrected chi connectivity index (χ1v) is 6.61. The van der Waals surface area contributed by atoms with Crippen LogP contribution < -0.4 is 0 Å². The molecule has 0 saturated carbocycles. The summed E-state index contributed by atoms with van der Waals surface area (Å²) >= 11 is 1.55. The van der Waals surface area contributed by atoms with Crippen molar-refractivity contribution in [3.63, 3.8) is 0 Å². The van der Waals surface area contributed by atoms with Crippen LogP contribution in [-0.4, -0.2) is 4.98 Å². The van der Waals surface area contributed by atoms with Crippen molar-refractivity contribution in [1.29, 1.82) is 5.26 Å². The van der Waals surface area contributed by atoms with E-state index in [-0.39, 0.29) is 0 Å². The van der Waals surface area contributed by atoms with Gasteiger partial charge >= 0.3 is 0 Å². The van der Waals surface area contributed by atoms with Crippen LogP contribution >= 0.6 is 11.8 Å². The second kappa shape index (κ2) is 4.79. The van der Waals surface area contributed by atoms with Crippen LogP contribution in [0.25, 0.3) is 10.9 Å². The minimum absolute atomic E-state index is 0.587. The number of para-hydroxylation sites is 1. The van der Waals surface area contributed by atoms with Crippen molar-refractivity contribution in [3.05, 3.63) is 54.1 Å². The predicted octanol–water partition coefficient (Wildman–Crippen LogP) is 4.16. The quantitative estimate of drug-likeness (QED) is 0.698. The summed E-state index contributed by atoms with van der Waals surface area (Å²) in [4.78, 5) is 6.25. The normalized spacial score (nSPS) is 10.5. The second-order valence-electron chi connectivity index (χ2n) is 4.07. The highest BCUT2D eigenvalue weighted by molar-refractivity contribution is 7.99. The number of nitrogens with zero attached hydrogens (tertiary/aromatic N) is 2. The lowest BCUT2D eigenvalue weighted by molar-refractivity contribution is 0.527. The molecule has 1 aromatic carbocycles. The van der Waals surface area contributed by atoms with Gasteiger partial charge in [0.1, 0.15) is 11.8 Å². The summed E-state index contributed by atoms with van der Waals surface area (Å²) in [6.45, 7) is 1.91. The lowest BCUT2D eigenvalue weighted by atomic mass is 10.2. The maximum absolute atomic E-state index is 9.25. The molecule has 19 heavy (non-hydrogen) atoms. The standard InChI is InChI=1S/C15H10N2OS/c1-10-14(6-7-18-10)19-15-11(8-16)9-17-13-5-3-2-4-12(13)15/h2-7,9H,1H3. The zero-order valence-corrected chi connectivity index (χ0v) is 11.1. The molecule has 0 bridgehead atoms. The lowest BCUT2D eigenvalue weighted by Gasteiger charge is -2.07. The molecule has 3 rings (SSSR count). The number of pyridine rings is 1. The van der Waals surface area contributed by atoms with Crippen molar-refractivity contribution in [2.75, 3.05) is 0 Å². The van der Waals surface area contributed by atoms with Crippen LogP contribution in [0.15, 0.2) is 57.0 Å². The van der Waals surface area contributed by atoms with Crippen molar-refractivity contribution in [2.45, 2.75) is 16.7 Å². The van der Waals surface area contributed by atoms with Gasteiger partial charge in [-0.1, -0.05) is 30.0 Å². The van der Waals surface area contributed by atoms with E-state index in [1.165, 1.54) is 0 Å². The first-order chi connectivity index (χ1) is 9.29. The van der Waals surface area contributed by atoms with Crippen LogP contribution in [0.1, 0.15) is 11.3 Å². The van der Waals surface area contributed by atoms with E-state index < -0.39 is 0 Å². The molecular weight excluding hydrogens is 256 g/mol. The summed E-state index contributed by atoms with van der Waals surface area (Å²) in [7, 11) is 0. The Morgan fingerprint density at radius 3 is 2.84 bits per heavy atom. The Bertz CT molecular complexity index is 786. The highest BCUT2D eigenvalue weighted by atomic mass is 32.2. The molecule has 0 spiro atoms. The number of fused-ring (bicyclic) bond motifs is 1. The molecule has 92 valence electrons. The maximum Gasteiger partial charge on any atom is 0.114 e. The molecule has 4 heteroatoms. The highest BCUT2D eigenvalue weighted by Crippen LogP contribution is 2.37. The van der Waals surface area contributed by atoms with E-state index in [9.17, 15) is 5.26 Å². The van der Waals surface area contributed by atoms with Gasteiger partial charge in [-0.3, -0.25) is 4.98 Å². The van der Waals surface area contributed by atoms with E-state index >= 15 is 0 Å². The third-order valence-electron chi connectivity index (χ3n) is 2.87. The topological polar surface area (TPSA) is 49.8 Å². The van der Waals surface area contributed by atoms with Gasteiger partial charge in [0.25, 0.3) is 0 Å². The fourth-order valence-electron chi connectivity index (χ4n) is 1.89. The molecule has 2 aromatic heterocycles. The molecule has 0 aliphatic carbocycles. The number of aromatic nitrogens is 1. The highest BCUT2D eigenvalue weighted by Gasteiger charge is 2.12. The maximum atomic E-state index is 9.25.